The van der Waals surface area contributed by atoms with E-state index in [1.54, 1.807) is 7.11 Å². The largest absolute Gasteiger partial charge is 0.497 e. The van der Waals surface area contributed by atoms with Crippen molar-refractivity contribution in [3.8, 4) is 5.75 Å². The first-order valence-electron chi connectivity index (χ1n) is 9.38. The normalized spacial score (nSPS) is 18.0. The van der Waals surface area contributed by atoms with Crippen molar-refractivity contribution in [1.82, 2.24) is 10.2 Å². The highest BCUT2D eigenvalue weighted by Crippen LogP contribution is 2.16. The standard InChI is InChI=1S/C20H27N3O4/c1-26-16-7-5-15(6-8-16)19-21-13-17(20(24)25)18(22-19)14-27-12-11-23-9-3-2-4-10-23/h5-8H,2-4,9-14H2,1H3,(H,21,22)(H,24,25). The van der Waals surface area contributed by atoms with Crippen molar-refractivity contribution in [2.24, 2.45) is 4.99 Å². The van der Waals surface area contributed by atoms with E-state index in [0.29, 0.717) is 18.1 Å². The number of hydrogen-bond acceptors (Lipinski definition) is 6. The number of nitrogens with one attached hydrogen (secondary N) is 1. The molecule has 0 amide bonds. The van der Waals surface area contributed by atoms with Gasteiger partial charge in [0.1, 0.15) is 11.6 Å². The van der Waals surface area contributed by atoms with E-state index in [4.69, 9.17) is 9.47 Å². The summed E-state index contributed by atoms with van der Waals surface area (Å²) in [5.74, 6) is 0.449. The molecule has 0 unspecified atom stereocenters. The van der Waals surface area contributed by atoms with Crippen LogP contribution in [0.1, 0.15) is 24.8 Å². The number of carboxylic acids is 1. The third kappa shape index (κ3) is 5.30. The number of carbonyl (C=O) groups is 1. The Balaban J connectivity index is 1.57. The lowest BCUT2D eigenvalue weighted by molar-refractivity contribution is -0.132. The van der Waals surface area contributed by atoms with Crippen molar-refractivity contribution >= 4 is 11.8 Å². The minimum atomic E-state index is -0.963. The molecule has 2 N–H and O–H groups in total. The number of likely N-dealkylation sites (tertiary alicyclic amines) is 1. The van der Waals surface area contributed by atoms with Gasteiger partial charge in [-0.25, -0.2) is 4.79 Å². The summed E-state index contributed by atoms with van der Waals surface area (Å²) < 4.78 is 10.9. The van der Waals surface area contributed by atoms with Crippen LogP contribution in [0.4, 0.5) is 0 Å². The maximum absolute atomic E-state index is 11.5. The van der Waals surface area contributed by atoms with Crippen LogP contribution in [0.5, 0.6) is 5.75 Å². The lowest BCUT2D eigenvalue weighted by Crippen LogP contribution is -2.35. The van der Waals surface area contributed by atoms with Gasteiger partial charge in [0.05, 0.1) is 38.1 Å². The SMILES string of the molecule is COc1ccc(C2=NCC(C(=O)O)=C(COCCN3CCCCC3)N2)cc1. The van der Waals surface area contributed by atoms with E-state index in [-0.39, 0.29) is 18.7 Å². The number of ether oxygens (including phenoxy) is 2. The number of rotatable bonds is 8. The van der Waals surface area contributed by atoms with Gasteiger partial charge in [-0.2, -0.15) is 0 Å². The van der Waals surface area contributed by atoms with Gasteiger partial charge in [0, 0.05) is 12.1 Å². The second kappa shape index (κ2) is 9.53. The zero-order chi connectivity index (χ0) is 19.1. The molecule has 1 aromatic carbocycles. The number of methoxy groups -OCH3 is 1. The molecule has 0 saturated carbocycles. The predicted molar refractivity (Wildman–Crippen MR) is 103 cm³/mol. The molecule has 3 rings (SSSR count). The monoisotopic (exact) mass is 373 g/mol. The molecule has 0 atom stereocenters. The number of aliphatic imine (C=N–C) groups is 1. The van der Waals surface area contributed by atoms with Gasteiger partial charge in [-0.15, -0.1) is 0 Å². The Morgan fingerprint density at radius 2 is 1.96 bits per heavy atom. The molecule has 1 saturated heterocycles. The first-order valence-corrected chi connectivity index (χ1v) is 9.38. The topological polar surface area (TPSA) is 83.4 Å². The summed E-state index contributed by atoms with van der Waals surface area (Å²) in [6.45, 7) is 4.10. The van der Waals surface area contributed by atoms with E-state index in [1.165, 1.54) is 19.3 Å². The van der Waals surface area contributed by atoms with Gasteiger partial charge in [0.15, 0.2) is 0 Å². The highest BCUT2D eigenvalue weighted by Gasteiger charge is 2.21. The van der Waals surface area contributed by atoms with Crippen molar-refractivity contribution in [1.29, 1.82) is 0 Å². The van der Waals surface area contributed by atoms with Crippen LogP contribution >= 0.6 is 0 Å². The third-order valence-corrected chi connectivity index (χ3v) is 4.90. The molecular weight excluding hydrogens is 346 g/mol. The van der Waals surface area contributed by atoms with Gasteiger partial charge < -0.3 is 24.8 Å². The molecule has 0 radical (unpaired) electrons. The molecule has 2 aliphatic rings. The smallest absolute Gasteiger partial charge is 0.335 e. The minimum absolute atomic E-state index is 0.133. The van der Waals surface area contributed by atoms with Crippen molar-refractivity contribution in [2.45, 2.75) is 19.3 Å². The predicted octanol–water partition coefficient (Wildman–Crippen LogP) is 1.89. The van der Waals surface area contributed by atoms with Gasteiger partial charge >= 0.3 is 5.97 Å². The van der Waals surface area contributed by atoms with Gasteiger partial charge in [0.2, 0.25) is 0 Å². The van der Waals surface area contributed by atoms with Crippen molar-refractivity contribution in [3.05, 3.63) is 41.1 Å². The van der Waals surface area contributed by atoms with E-state index in [0.717, 1.165) is 30.9 Å². The molecule has 7 nitrogen and oxygen atoms in total. The van der Waals surface area contributed by atoms with Crippen molar-refractivity contribution in [2.75, 3.05) is 46.5 Å². The van der Waals surface area contributed by atoms with Crippen molar-refractivity contribution < 1.29 is 19.4 Å². The fourth-order valence-corrected chi connectivity index (χ4v) is 3.29. The van der Waals surface area contributed by atoms with E-state index in [9.17, 15) is 9.90 Å². The van der Waals surface area contributed by atoms with E-state index in [2.05, 4.69) is 15.2 Å². The first-order chi connectivity index (χ1) is 13.2. The summed E-state index contributed by atoms with van der Waals surface area (Å²) in [6, 6.07) is 7.49. The highest BCUT2D eigenvalue weighted by atomic mass is 16.5. The number of amidine groups is 1. The van der Waals surface area contributed by atoms with E-state index in [1.807, 2.05) is 24.3 Å². The average molecular weight is 373 g/mol. The van der Waals surface area contributed by atoms with E-state index >= 15 is 0 Å². The van der Waals surface area contributed by atoms with Crippen LogP contribution in [0.15, 0.2) is 40.5 Å². The van der Waals surface area contributed by atoms with Gasteiger partial charge in [0.25, 0.3) is 0 Å². The molecule has 0 aliphatic carbocycles. The number of nitrogens with zero attached hydrogens (tertiary/aromatic N) is 2. The van der Waals surface area contributed by atoms with Gasteiger partial charge in [-0.1, -0.05) is 6.42 Å². The Morgan fingerprint density at radius 3 is 2.63 bits per heavy atom. The molecule has 0 spiro atoms. The molecule has 1 fully saturated rings. The molecular formula is C20H27N3O4. The summed E-state index contributed by atoms with van der Waals surface area (Å²) in [7, 11) is 1.62. The molecule has 2 heterocycles. The Morgan fingerprint density at radius 1 is 1.22 bits per heavy atom. The van der Waals surface area contributed by atoms with Crippen LogP contribution in [-0.4, -0.2) is 68.3 Å². The minimum Gasteiger partial charge on any atom is -0.497 e. The Kier molecular flexibility index (Phi) is 6.84. The third-order valence-electron chi connectivity index (χ3n) is 4.90. The quantitative estimate of drug-likeness (QED) is 0.677. The Hall–Kier alpha value is -2.38. The van der Waals surface area contributed by atoms with Crippen LogP contribution in [0.2, 0.25) is 0 Å². The average Bonchev–Trinajstić information content (AvgIpc) is 2.72. The summed E-state index contributed by atoms with van der Waals surface area (Å²) in [6.07, 6.45) is 3.80. The Labute approximate surface area is 159 Å². The van der Waals surface area contributed by atoms with Crippen molar-refractivity contribution in [3.63, 3.8) is 0 Å². The van der Waals surface area contributed by atoms with Crippen LogP contribution < -0.4 is 10.1 Å². The van der Waals surface area contributed by atoms with Crippen LogP contribution in [0.25, 0.3) is 0 Å². The van der Waals surface area contributed by atoms with Gasteiger partial charge in [-0.05, 0) is 50.2 Å². The van der Waals surface area contributed by atoms with E-state index < -0.39 is 5.97 Å². The number of carboxylic acid groups (broad SMARTS) is 1. The molecule has 0 bridgehead atoms. The summed E-state index contributed by atoms with van der Waals surface area (Å²) in [5.41, 5.74) is 1.71. The maximum Gasteiger partial charge on any atom is 0.335 e. The highest BCUT2D eigenvalue weighted by molar-refractivity contribution is 6.02. The maximum atomic E-state index is 11.5. The Bertz CT molecular complexity index is 706. The molecule has 7 heteroatoms. The lowest BCUT2D eigenvalue weighted by atomic mass is 10.1. The zero-order valence-electron chi connectivity index (χ0n) is 15.7. The molecule has 27 heavy (non-hydrogen) atoms. The van der Waals surface area contributed by atoms with Crippen LogP contribution in [0.3, 0.4) is 0 Å². The van der Waals surface area contributed by atoms with Gasteiger partial charge in [-0.3, -0.25) is 4.99 Å². The molecule has 0 aromatic heterocycles. The molecule has 2 aliphatic heterocycles. The second-order valence-corrected chi connectivity index (χ2v) is 6.74. The summed E-state index contributed by atoms with van der Waals surface area (Å²) in [5, 5.41) is 12.6. The molecule has 146 valence electrons. The van der Waals surface area contributed by atoms with Crippen LogP contribution in [-0.2, 0) is 9.53 Å². The number of hydrogen-bond donors (Lipinski definition) is 2. The zero-order valence-corrected chi connectivity index (χ0v) is 15.7. The number of benzene rings is 1. The fraction of sp³-hybridized carbons (Fsp3) is 0.500. The summed E-state index contributed by atoms with van der Waals surface area (Å²) in [4.78, 5) is 18.3. The molecule has 1 aromatic rings. The first kappa shape index (κ1) is 19.4. The number of piperidine rings is 1. The number of aliphatic carboxylic acids is 1. The fourth-order valence-electron chi connectivity index (χ4n) is 3.29. The lowest BCUT2D eigenvalue weighted by Gasteiger charge is -2.26. The second-order valence-electron chi connectivity index (χ2n) is 6.74. The van der Waals surface area contributed by atoms with Crippen LogP contribution in [0, 0.1) is 0 Å². The summed E-state index contributed by atoms with van der Waals surface area (Å²) >= 11 is 0.